The third-order valence-corrected chi connectivity index (χ3v) is 10.0. The van der Waals surface area contributed by atoms with Gasteiger partial charge in [-0.3, -0.25) is 14.4 Å². The molecule has 6 heteroatoms. The Morgan fingerprint density at radius 3 is 2.62 bits per heavy atom. The fraction of sp³-hybridized carbons (Fsp3) is 0.607. The van der Waals surface area contributed by atoms with E-state index in [0.717, 1.165) is 38.5 Å². The number of carboxylic acid groups (broad SMARTS) is 1. The smallest absolute Gasteiger partial charge is 0.307 e. The lowest BCUT2D eigenvalue weighted by atomic mass is 9.48. The topological polar surface area (TPSA) is 86.7 Å². The average Bonchev–Trinajstić information content (AvgIpc) is 3.12. The van der Waals surface area contributed by atoms with Crippen molar-refractivity contribution in [2.24, 2.45) is 28.6 Å². The highest BCUT2D eigenvalue weighted by atomic mass is 16.4. The van der Waals surface area contributed by atoms with Crippen molar-refractivity contribution >= 4 is 17.8 Å². The van der Waals surface area contributed by atoms with Gasteiger partial charge in [-0.1, -0.05) is 38.1 Å². The molecular formula is C28H36N2O4. The highest BCUT2D eigenvalue weighted by Crippen LogP contribution is 2.63. The lowest BCUT2D eigenvalue weighted by molar-refractivity contribution is -0.138. The van der Waals surface area contributed by atoms with E-state index in [0.29, 0.717) is 28.9 Å². The molecule has 3 aliphatic carbocycles. The number of carboxylic acids is 1. The van der Waals surface area contributed by atoms with Gasteiger partial charge in [0.15, 0.2) is 0 Å². The van der Waals surface area contributed by atoms with Crippen molar-refractivity contribution in [2.75, 3.05) is 7.05 Å². The molecule has 0 spiro atoms. The van der Waals surface area contributed by atoms with Crippen molar-refractivity contribution in [2.45, 2.75) is 70.9 Å². The van der Waals surface area contributed by atoms with Gasteiger partial charge >= 0.3 is 5.97 Å². The molecule has 3 saturated carbocycles. The van der Waals surface area contributed by atoms with Gasteiger partial charge < -0.3 is 15.3 Å². The first-order valence-electron chi connectivity index (χ1n) is 12.7. The SMILES string of the molecule is CN1C(=O)C=C[C@@]2(C)C1CC[C@@H]1[C@H]2CC[C@]2(C)C(NC(=O)c3ccccc3CC(=O)O)CC[C@@H]12. The normalized spacial score (nSPS) is 38.6. The van der Waals surface area contributed by atoms with Crippen LogP contribution in [0.1, 0.15) is 68.3 Å². The first kappa shape index (κ1) is 23.1. The first-order chi connectivity index (χ1) is 16.1. The number of carbonyl (C=O) groups excluding carboxylic acids is 2. The molecule has 2 unspecified atom stereocenters. The van der Waals surface area contributed by atoms with Crippen molar-refractivity contribution in [3.8, 4) is 0 Å². The van der Waals surface area contributed by atoms with Gasteiger partial charge in [-0.2, -0.15) is 0 Å². The van der Waals surface area contributed by atoms with Gasteiger partial charge in [-0.15, -0.1) is 0 Å². The molecule has 0 bridgehead atoms. The Morgan fingerprint density at radius 1 is 1.09 bits per heavy atom. The zero-order valence-electron chi connectivity index (χ0n) is 20.4. The molecule has 182 valence electrons. The summed E-state index contributed by atoms with van der Waals surface area (Å²) in [4.78, 5) is 38.8. The summed E-state index contributed by atoms with van der Waals surface area (Å²) in [5, 5.41) is 12.6. The van der Waals surface area contributed by atoms with Gasteiger partial charge in [0.1, 0.15) is 0 Å². The van der Waals surface area contributed by atoms with Crippen LogP contribution in [0.2, 0.25) is 0 Å². The second-order valence-electron chi connectivity index (χ2n) is 11.5. The lowest BCUT2D eigenvalue weighted by Crippen LogP contribution is -2.60. The molecule has 7 atom stereocenters. The fourth-order valence-electron chi connectivity index (χ4n) is 8.27. The molecule has 4 aliphatic rings. The first-order valence-corrected chi connectivity index (χ1v) is 12.7. The number of rotatable bonds is 4. The number of likely N-dealkylation sites (N-methyl/N-ethyl adjacent to an activating group) is 1. The Bertz CT molecular complexity index is 1050. The zero-order valence-corrected chi connectivity index (χ0v) is 20.4. The number of carbonyl (C=O) groups is 3. The molecule has 3 fully saturated rings. The van der Waals surface area contributed by atoms with Crippen molar-refractivity contribution in [1.82, 2.24) is 10.2 Å². The second kappa shape index (κ2) is 8.24. The van der Waals surface area contributed by atoms with Crippen LogP contribution in [-0.2, 0) is 16.0 Å². The number of nitrogens with zero attached hydrogens (tertiary/aromatic N) is 1. The minimum absolute atomic E-state index is 0.0179. The van der Waals surface area contributed by atoms with E-state index in [4.69, 9.17) is 0 Å². The Balaban J connectivity index is 1.36. The van der Waals surface area contributed by atoms with E-state index in [9.17, 15) is 19.5 Å². The predicted octanol–water partition coefficient (Wildman–Crippen LogP) is 4.05. The van der Waals surface area contributed by atoms with E-state index in [1.54, 1.807) is 30.3 Å². The number of hydrogen-bond acceptors (Lipinski definition) is 3. The highest BCUT2D eigenvalue weighted by Gasteiger charge is 2.60. The quantitative estimate of drug-likeness (QED) is 0.704. The number of amides is 2. The van der Waals surface area contributed by atoms with Gasteiger partial charge in [0.2, 0.25) is 5.91 Å². The van der Waals surface area contributed by atoms with Crippen LogP contribution in [0.3, 0.4) is 0 Å². The van der Waals surface area contributed by atoms with Crippen molar-refractivity contribution in [3.63, 3.8) is 0 Å². The van der Waals surface area contributed by atoms with Crippen LogP contribution in [0.15, 0.2) is 36.4 Å². The summed E-state index contributed by atoms with van der Waals surface area (Å²) in [7, 11) is 1.95. The summed E-state index contributed by atoms with van der Waals surface area (Å²) in [6.45, 7) is 4.71. The Morgan fingerprint density at radius 2 is 1.85 bits per heavy atom. The molecular weight excluding hydrogens is 428 g/mol. The van der Waals surface area contributed by atoms with Crippen LogP contribution in [0.5, 0.6) is 0 Å². The fourth-order valence-corrected chi connectivity index (χ4v) is 8.27. The molecule has 1 aromatic rings. The van der Waals surface area contributed by atoms with E-state index in [1.807, 2.05) is 11.9 Å². The number of benzene rings is 1. The van der Waals surface area contributed by atoms with E-state index in [1.165, 1.54) is 0 Å². The molecule has 0 aromatic heterocycles. The third-order valence-electron chi connectivity index (χ3n) is 10.0. The van der Waals surface area contributed by atoms with Crippen LogP contribution in [0, 0.1) is 28.6 Å². The van der Waals surface area contributed by atoms with Gasteiger partial charge in [-0.05, 0) is 79.4 Å². The molecule has 1 aliphatic heterocycles. The second-order valence-corrected chi connectivity index (χ2v) is 11.5. The monoisotopic (exact) mass is 464 g/mol. The molecule has 1 heterocycles. The van der Waals surface area contributed by atoms with Crippen LogP contribution < -0.4 is 5.32 Å². The number of hydrogen-bond donors (Lipinski definition) is 2. The summed E-state index contributed by atoms with van der Waals surface area (Å²) in [6, 6.07) is 7.41. The van der Waals surface area contributed by atoms with Crippen LogP contribution >= 0.6 is 0 Å². The highest BCUT2D eigenvalue weighted by molar-refractivity contribution is 5.97. The van der Waals surface area contributed by atoms with Crippen molar-refractivity contribution in [1.29, 1.82) is 0 Å². The van der Waals surface area contributed by atoms with Crippen LogP contribution in [0.25, 0.3) is 0 Å². The molecule has 34 heavy (non-hydrogen) atoms. The Labute approximate surface area is 201 Å². The number of nitrogens with one attached hydrogen (secondary N) is 1. The van der Waals surface area contributed by atoms with E-state index in [-0.39, 0.29) is 41.1 Å². The molecule has 6 nitrogen and oxygen atoms in total. The molecule has 5 rings (SSSR count). The van der Waals surface area contributed by atoms with Gasteiger partial charge in [0.25, 0.3) is 5.91 Å². The zero-order chi connectivity index (χ0) is 24.3. The summed E-state index contributed by atoms with van der Waals surface area (Å²) in [6.07, 6.45) is 10.3. The van der Waals surface area contributed by atoms with Crippen LogP contribution in [0.4, 0.5) is 0 Å². The maximum Gasteiger partial charge on any atom is 0.307 e. The summed E-state index contributed by atoms with van der Waals surface area (Å²) < 4.78 is 0. The maximum atomic E-state index is 13.3. The van der Waals surface area contributed by atoms with Crippen LogP contribution in [-0.4, -0.2) is 46.9 Å². The Hall–Kier alpha value is -2.63. The molecule has 0 radical (unpaired) electrons. The van der Waals surface area contributed by atoms with Gasteiger partial charge in [0.05, 0.1) is 6.42 Å². The third kappa shape index (κ3) is 3.48. The maximum absolute atomic E-state index is 13.3. The Kier molecular flexibility index (Phi) is 5.61. The molecule has 2 amide bonds. The summed E-state index contributed by atoms with van der Waals surface area (Å²) in [5.74, 6) is 0.749. The molecule has 2 N–H and O–H groups in total. The van der Waals surface area contributed by atoms with Gasteiger partial charge in [-0.25, -0.2) is 0 Å². The summed E-state index contributed by atoms with van der Waals surface area (Å²) in [5.41, 5.74) is 1.09. The predicted molar refractivity (Wildman–Crippen MR) is 129 cm³/mol. The van der Waals surface area contributed by atoms with Crippen molar-refractivity contribution in [3.05, 3.63) is 47.5 Å². The minimum atomic E-state index is -0.931. The number of aliphatic carboxylic acids is 1. The van der Waals surface area contributed by atoms with E-state index < -0.39 is 5.97 Å². The van der Waals surface area contributed by atoms with Gasteiger partial charge in [0, 0.05) is 30.1 Å². The van der Waals surface area contributed by atoms with E-state index >= 15 is 0 Å². The lowest BCUT2D eigenvalue weighted by Gasteiger charge is -2.60. The average molecular weight is 465 g/mol. The largest absolute Gasteiger partial charge is 0.481 e. The van der Waals surface area contributed by atoms with E-state index in [2.05, 4.69) is 25.2 Å². The number of fused-ring (bicyclic) bond motifs is 5. The summed E-state index contributed by atoms with van der Waals surface area (Å²) >= 11 is 0. The van der Waals surface area contributed by atoms with Crippen molar-refractivity contribution < 1.29 is 19.5 Å². The standard InChI is InChI=1S/C28H36N2O4/c1-27-14-12-21-19(8-11-23-28(21,2)15-13-24(31)30(23)3)20(27)9-10-22(27)29-26(34)18-7-5-4-6-17(18)16-25(32)33/h4-7,13,15,19-23H,8-12,14,16H2,1-3H3,(H,29,34)(H,32,33)/t19-,20-,21+,22?,23?,27-,28+/m0/s1. The molecule has 1 aromatic carbocycles. The molecule has 0 saturated heterocycles. The minimum Gasteiger partial charge on any atom is -0.481 e.